The molecule has 3 aromatic rings. The lowest BCUT2D eigenvalue weighted by Gasteiger charge is -2.33. The fraction of sp³-hybridized carbons (Fsp3) is 0.333. The minimum Gasteiger partial charge on any atom is -0.352 e. The van der Waals surface area contributed by atoms with Gasteiger partial charge in [-0.3, -0.25) is 13.9 Å². The molecule has 208 valence electrons. The van der Waals surface area contributed by atoms with Crippen LogP contribution < -0.4 is 9.62 Å². The summed E-state index contributed by atoms with van der Waals surface area (Å²) in [7, 11) is -4.16. The van der Waals surface area contributed by atoms with Crippen LogP contribution in [0.1, 0.15) is 43.0 Å². The smallest absolute Gasteiger partial charge is 0.264 e. The van der Waals surface area contributed by atoms with Crippen molar-refractivity contribution in [2.45, 2.75) is 65.1 Å². The van der Waals surface area contributed by atoms with Crippen molar-refractivity contribution in [3.8, 4) is 0 Å². The van der Waals surface area contributed by atoms with E-state index in [1.54, 1.807) is 38.1 Å². The number of halogens is 1. The minimum atomic E-state index is -4.16. The highest BCUT2D eigenvalue weighted by molar-refractivity contribution is 7.92. The van der Waals surface area contributed by atoms with E-state index in [1.165, 1.54) is 23.1 Å². The average molecular weight is 570 g/mol. The molecule has 0 aliphatic rings. The predicted octanol–water partition coefficient (Wildman–Crippen LogP) is 5.40. The molecule has 39 heavy (non-hydrogen) atoms. The van der Waals surface area contributed by atoms with E-state index in [1.807, 2.05) is 52.0 Å². The van der Waals surface area contributed by atoms with E-state index in [0.29, 0.717) is 16.3 Å². The first-order valence-electron chi connectivity index (χ1n) is 12.8. The van der Waals surface area contributed by atoms with Crippen LogP contribution in [0.2, 0.25) is 5.02 Å². The maximum atomic E-state index is 14.0. The molecule has 1 N–H and O–H groups in total. The van der Waals surface area contributed by atoms with Gasteiger partial charge in [0, 0.05) is 17.6 Å². The number of amides is 2. The van der Waals surface area contributed by atoms with E-state index in [2.05, 4.69) is 5.32 Å². The second-order valence-corrected chi connectivity index (χ2v) is 12.3. The molecule has 0 aliphatic heterocycles. The number of nitrogens with one attached hydrogen (secondary N) is 1. The first-order chi connectivity index (χ1) is 18.3. The van der Waals surface area contributed by atoms with Crippen LogP contribution in [-0.2, 0) is 26.2 Å². The number of carbonyl (C=O) groups excluding carboxylic acids is 2. The van der Waals surface area contributed by atoms with E-state index in [9.17, 15) is 18.0 Å². The third-order valence-electron chi connectivity index (χ3n) is 6.53. The number of nitrogens with zero attached hydrogens (tertiary/aromatic N) is 2. The summed E-state index contributed by atoms with van der Waals surface area (Å²) >= 11 is 6.27. The summed E-state index contributed by atoms with van der Waals surface area (Å²) in [5, 5.41) is 3.20. The lowest BCUT2D eigenvalue weighted by molar-refractivity contribution is -0.139. The van der Waals surface area contributed by atoms with Crippen LogP contribution >= 0.6 is 11.6 Å². The Morgan fingerprint density at radius 1 is 0.897 bits per heavy atom. The molecular formula is C30H36ClN3O4S. The van der Waals surface area contributed by atoms with Crippen LogP contribution in [0.25, 0.3) is 0 Å². The van der Waals surface area contributed by atoms with Crippen molar-refractivity contribution >= 4 is 39.1 Å². The van der Waals surface area contributed by atoms with Crippen LogP contribution in [0.4, 0.5) is 5.69 Å². The zero-order chi connectivity index (χ0) is 28.9. The van der Waals surface area contributed by atoms with E-state index in [4.69, 9.17) is 11.6 Å². The summed E-state index contributed by atoms with van der Waals surface area (Å²) < 4.78 is 29.0. The summed E-state index contributed by atoms with van der Waals surface area (Å²) in [6, 6.07) is 18.0. The van der Waals surface area contributed by atoms with Crippen LogP contribution in [0.15, 0.2) is 71.6 Å². The van der Waals surface area contributed by atoms with Crippen molar-refractivity contribution in [1.29, 1.82) is 0 Å². The Kier molecular flexibility index (Phi) is 9.80. The van der Waals surface area contributed by atoms with E-state index < -0.39 is 28.5 Å². The monoisotopic (exact) mass is 569 g/mol. The predicted molar refractivity (Wildman–Crippen MR) is 156 cm³/mol. The molecular weight excluding hydrogens is 534 g/mol. The van der Waals surface area contributed by atoms with Gasteiger partial charge in [0.25, 0.3) is 10.0 Å². The molecule has 0 aliphatic carbocycles. The van der Waals surface area contributed by atoms with Gasteiger partial charge in [0.2, 0.25) is 11.8 Å². The van der Waals surface area contributed by atoms with Crippen LogP contribution in [0, 0.1) is 20.8 Å². The van der Waals surface area contributed by atoms with Gasteiger partial charge < -0.3 is 10.2 Å². The number of hydrogen-bond acceptors (Lipinski definition) is 4. The van der Waals surface area contributed by atoms with Gasteiger partial charge in [-0.1, -0.05) is 59.6 Å². The number of benzene rings is 3. The van der Waals surface area contributed by atoms with Gasteiger partial charge >= 0.3 is 0 Å². The van der Waals surface area contributed by atoms with Crippen molar-refractivity contribution in [1.82, 2.24) is 10.2 Å². The Morgan fingerprint density at radius 3 is 2.15 bits per heavy atom. The summed E-state index contributed by atoms with van der Waals surface area (Å²) in [5.74, 6) is -0.835. The maximum absolute atomic E-state index is 14.0. The molecule has 7 nitrogen and oxygen atoms in total. The second-order valence-electron chi connectivity index (χ2n) is 10.0. The zero-order valence-electron chi connectivity index (χ0n) is 23.2. The van der Waals surface area contributed by atoms with E-state index >= 15 is 0 Å². The summed E-state index contributed by atoms with van der Waals surface area (Å²) in [6.45, 7) is 10.5. The molecule has 0 bridgehead atoms. The molecule has 0 saturated carbocycles. The quantitative estimate of drug-likeness (QED) is 0.354. The van der Waals surface area contributed by atoms with Crippen molar-refractivity contribution in [2.75, 3.05) is 10.8 Å². The number of sulfonamides is 1. The Balaban J connectivity index is 2.09. The second kappa shape index (κ2) is 12.7. The Bertz CT molecular complexity index is 1440. The first-order valence-corrected chi connectivity index (χ1v) is 14.6. The van der Waals surface area contributed by atoms with E-state index in [-0.39, 0.29) is 23.4 Å². The molecule has 0 fully saturated rings. The highest BCUT2D eigenvalue weighted by Crippen LogP contribution is 2.30. The number of anilines is 1. The molecule has 3 aromatic carbocycles. The maximum Gasteiger partial charge on any atom is 0.264 e. The first kappa shape index (κ1) is 30.2. The van der Waals surface area contributed by atoms with E-state index in [0.717, 1.165) is 21.0 Å². The van der Waals surface area contributed by atoms with Crippen molar-refractivity contribution in [3.05, 3.63) is 94.0 Å². The lowest BCUT2D eigenvalue weighted by atomic mass is 10.1. The number of aryl methyl sites for hydroxylation is 3. The molecule has 9 heteroatoms. The molecule has 0 radical (unpaired) electrons. The normalized spacial score (nSPS) is 12.2. The van der Waals surface area contributed by atoms with Gasteiger partial charge in [0.1, 0.15) is 12.6 Å². The average Bonchev–Trinajstić information content (AvgIpc) is 2.87. The van der Waals surface area contributed by atoms with Crippen molar-refractivity contribution in [3.63, 3.8) is 0 Å². The van der Waals surface area contributed by atoms with Gasteiger partial charge in [0.05, 0.1) is 10.6 Å². The molecule has 1 unspecified atom stereocenters. The van der Waals surface area contributed by atoms with Gasteiger partial charge in [-0.25, -0.2) is 8.42 Å². The molecule has 3 rings (SSSR count). The zero-order valence-corrected chi connectivity index (χ0v) is 24.8. The van der Waals surface area contributed by atoms with Crippen LogP contribution in [0.5, 0.6) is 0 Å². The molecule has 0 heterocycles. The Labute approximate surface area is 236 Å². The lowest BCUT2D eigenvalue weighted by Crippen LogP contribution is -2.52. The molecule has 0 spiro atoms. The topological polar surface area (TPSA) is 86.8 Å². The SMILES string of the molecule is Cc1ccc(S(=O)(=O)N(CC(=O)N(Cc2ccccc2C)C(C)C(=O)NC(C)C)c2cc(Cl)ccc2C)cc1. The highest BCUT2D eigenvalue weighted by atomic mass is 35.5. The Hall–Kier alpha value is -3.36. The van der Waals surface area contributed by atoms with Crippen LogP contribution in [0.3, 0.4) is 0 Å². The summed E-state index contributed by atoms with van der Waals surface area (Å²) in [4.78, 5) is 28.5. The third kappa shape index (κ3) is 7.40. The van der Waals surface area contributed by atoms with Gasteiger partial charge in [-0.05, 0) is 82.5 Å². The molecule has 0 saturated heterocycles. The number of hydrogen-bond donors (Lipinski definition) is 1. The van der Waals surface area contributed by atoms with Gasteiger partial charge in [0.15, 0.2) is 0 Å². The molecule has 1 atom stereocenters. The highest BCUT2D eigenvalue weighted by Gasteiger charge is 2.33. The standard InChI is InChI=1S/C30H36ClN3O4S/c1-20(2)32-30(36)24(6)33(18-25-10-8-7-9-22(25)4)29(35)19-34(28-17-26(31)14-13-23(28)5)39(37,38)27-15-11-21(3)12-16-27/h7-17,20,24H,18-19H2,1-6H3,(H,32,36). The fourth-order valence-corrected chi connectivity index (χ4v) is 5.80. The summed E-state index contributed by atoms with van der Waals surface area (Å²) in [6.07, 6.45) is 0. The van der Waals surface area contributed by atoms with Gasteiger partial charge in [-0.2, -0.15) is 0 Å². The van der Waals surface area contributed by atoms with Crippen LogP contribution in [-0.4, -0.2) is 43.8 Å². The fourth-order valence-electron chi connectivity index (χ4n) is 4.16. The van der Waals surface area contributed by atoms with Crippen molar-refractivity contribution < 1.29 is 18.0 Å². The van der Waals surface area contributed by atoms with Crippen molar-refractivity contribution in [2.24, 2.45) is 0 Å². The Morgan fingerprint density at radius 2 is 1.54 bits per heavy atom. The molecule has 2 amide bonds. The largest absolute Gasteiger partial charge is 0.352 e. The van der Waals surface area contributed by atoms with Gasteiger partial charge in [-0.15, -0.1) is 0 Å². The third-order valence-corrected chi connectivity index (χ3v) is 8.54. The summed E-state index contributed by atoms with van der Waals surface area (Å²) in [5.41, 5.74) is 3.67. The number of carbonyl (C=O) groups is 2. The number of rotatable bonds is 10. The molecule has 0 aromatic heterocycles. The minimum absolute atomic E-state index is 0.0522.